The second-order valence-corrected chi connectivity index (χ2v) is 13.8. The summed E-state index contributed by atoms with van der Waals surface area (Å²) in [6, 6.07) is -42.2. The lowest BCUT2D eigenvalue weighted by atomic mass is 9.85. The van der Waals surface area contributed by atoms with E-state index in [1.165, 1.54) is 0 Å². The van der Waals surface area contributed by atoms with Crippen LogP contribution in [0.2, 0.25) is 0 Å². The minimum Gasteiger partial charge on any atom is -0.309 e. The van der Waals surface area contributed by atoms with Crippen molar-refractivity contribution in [1.82, 2.24) is 9.13 Å². The Labute approximate surface area is 421 Å². The molecule has 0 radical (unpaired) electrons. The Morgan fingerprint density at radius 1 is 0.317 bits per heavy atom. The first-order valence-electron chi connectivity index (χ1n) is 38.2. The molecule has 0 saturated heterocycles. The molecule has 1 aliphatic carbocycles. The summed E-state index contributed by atoms with van der Waals surface area (Å²) in [6.45, 7) is 0. The lowest BCUT2D eigenvalue weighted by Gasteiger charge is -2.19. The highest BCUT2D eigenvalue weighted by Gasteiger charge is 2.33. The van der Waals surface area contributed by atoms with E-state index < -0.39 is 358 Å². The number of hydrogen-bond donors (Lipinski definition) is 0. The van der Waals surface area contributed by atoms with Gasteiger partial charge in [0.05, 0.1) is 81.2 Å². The number of para-hydroxylation sites is 3. The van der Waals surface area contributed by atoms with Crippen molar-refractivity contribution < 1.29 is 53.5 Å². The van der Waals surface area contributed by atoms with Gasteiger partial charge in [-0.3, -0.25) is 0 Å². The second kappa shape index (κ2) is 14.2. The van der Waals surface area contributed by atoms with Crippen LogP contribution in [0.3, 0.4) is 0 Å². The number of fused-ring (bicyclic) bond motifs is 9. The number of benzene rings is 10. The van der Waals surface area contributed by atoms with Crippen LogP contribution in [0.1, 0.15) is 76.1 Å². The zero-order valence-corrected chi connectivity index (χ0v) is 31.5. The van der Waals surface area contributed by atoms with E-state index >= 15 is 0 Å². The van der Waals surface area contributed by atoms with Crippen LogP contribution in [0.15, 0.2) is 236 Å². The minimum absolute atomic E-state index is 0.582. The highest BCUT2D eigenvalue weighted by atomic mass is 15.0. The number of nitrogens with zero attached hydrogens (tertiary/aromatic N) is 2. The first kappa shape index (κ1) is 14.2. The molecule has 0 N–H and O–H groups in total. The van der Waals surface area contributed by atoms with Crippen molar-refractivity contribution in [3.8, 4) is 55.9 Å². The van der Waals surface area contributed by atoms with Gasteiger partial charge < -0.3 is 9.13 Å². The van der Waals surface area contributed by atoms with E-state index in [-0.39, 0.29) is 0 Å². The quantitative estimate of drug-likeness (QED) is 0.158. The molecule has 63 heavy (non-hydrogen) atoms. The molecule has 2 heteroatoms. The zero-order chi connectivity index (χ0) is 75.4. The van der Waals surface area contributed by atoms with E-state index in [1.807, 2.05) is 0 Å². The molecule has 10 aromatic carbocycles. The van der Waals surface area contributed by atoms with Crippen molar-refractivity contribution in [2.75, 3.05) is 0 Å². The largest absolute Gasteiger partial charge is 0.309 e. The number of hydrogen-bond acceptors (Lipinski definition) is 0. The summed E-state index contributed by atoms with van der Waals surface area (Å²) in [5, 5.41) is -2.65. The number of rotatable bonds is 6. The molecular formula is C61H40N2. The van der Waals surface area contributed by atoms with Crippen LogP contribution in [-0.4, -0.2) is 9.13 Å². The third kappa shape index (κ3) is 5.58. The predicted molar refractivity (Wildman–Crippen MR) is 264 cm³/mol. The maximum absolute atomic E-state index is 10.4. The average Bonchev–Trinajstić information content (AvgIpc) is 1.51. The fourth-order valence-electron chi connectivity index (χ4n) is 7.92. The SMILES string of the molecule is [2H]c1c([2H])c([2H])c(-c2c([2H])c([2H])c([2H])c(-c3c([2H])c(-c4c([2H])c([2H])c([2H])c([2H])c4[2H])c([2H])c(C4c5c([2H])c([2H])c([2H])c([2H])c5-c5c4c([2H])c([2H])c([2H])c5-n4c5c([2H])c([2H])c([2H])c([2H])c5c5c([2H])c([2H])c(-n6c7c([2H])c([2H])c([2H])c([2H])c7c7c([2H])c([2H])c([2H])c([2H])c76)c([2H])c54)c3[2H])c2[2H])c([2H])c1[2H]. The topological polar surface area (TPSA) is 9.86 Å². The van der Waals surface area contributed by atoms with Crippen molar-refractivity contribution >= 4 is 43.6 Å². The Kier molecular flexibility index (Phi) is 3.19. The Bertz CT molecular complexity index is 5930. The van der Waals surface area contributed by atoms with Gasteiger partial charge in [0.2, 0.25) is 0 Å². The van der Waals surface area contributed by atoms with Crippen molar-refractivity contribution in [3.63, 3.8) is 0 Å². The summed E-state index contributed by atoms with van der Waals surface area (Å²) < 4.78 is 363. The molecule has 0 saturated carbocycles. The zero-order valence-electron chi connectivity index (χ0n) is 70.5. The molecule has 0 aliphatic heterocycles. The maximum atomic E-state index is 10.4. The van der Waals surface area contributed by atoms with Crippen LogP contribution in [-0.2, 0) is 0 Å². The van der Waals surface area contributed by atoms with Gasteiger partial charge in [0.25, 0.3) is 0 Å². The molecular weight excluding hydrogens is 761 g/mol. The van der Waals surface area contributed by atoms with Gasteiger partial charge in [0.15, 0.2) is 0 Å². The molecule has 2 nitrogen and oxygen atoms in total. The van der Waals surface area contributed by atoms with Crippen molar-refractivity contribution in [2.24, 2.45) is 0 Å². The summed E-state index contributed by atoms with van der Waals surface area (Å²) in [5.74, 6) is -2.45. The van der Waals surface area contributed by atoms with E-state index in [1.54, 1.807) is 0 Å². The van der Waals surface area contributed by atoms with E-state index in [0.29, 0.717) is 9.13 Å². The first-order valence-corrected chi connectivity index (χ1v) is 18.7. The fraction of sp³-hybridized carbons (Fsp3) is 0.0164. The average molecular weight is 840 g/mol. The van der Waals surface area contributed by atoms with Gasteiger partial charge in [-0.1, -0.05) is 187 Å². The van der Waals surface area contributed by atoms with E-state index in [2.05, 4.69) is 0 Å². The summed E-state index contributed by atoms with van der Waals surface area (Å²) in [7, 11) is 0. The van der Waals surface area contributed by atoms with Gasteiger partial charge in [-0.2, -0.15) is 0 Å². The van der Waals surface area contributed by atoms with E-state index in [4.69, 9.17) is 24.7 Å². The summed E-state index contributed by atoms with van der Waals surface area (Å²) >= 11 is 0. The lowest BCUT2D eigenvalue weighted by Crippen LogP contribution is -2.02. The van der Waals surface area contributed by atoms with Crippen LogP contribution in [0.4, 0.5) is 0 Å². The minimum atomic E-state index is -2.45. The molecule has 1 aliphatic rings. The normalized spacial score (nSPS) is 21.9. The first-order chi connectivity index (χ1) is 47.5. The highest BCUT2D eigenvalue weighted by molar-refractivity contribution is 6.12. The molecule has 294 valence electrons. The van der Waals surface area contributed by atoms with E-state index in [0.717, 1.165) is 0 Å². The number of aromatic nitrogens is 2. The van der Waals surface area contributed by atoms with Crippen molar-refractivity contribution in [2.45, 2.75) is 5.92 Å². The fourth-order valence-corrected chi connectivity index (χ4v) is 7.92. The summed E-state index contributed by atoms with van der Waals surface area (Å²) in [6.07, 6.45) is 0. The van der Waals surface area contributed by atoms with Crippen LogP contribution < -0.4 is 0 Å². The molecule has 13 rings (SSSR count). The third-order valence-corrected chi connectivity index (χ3v) is 10.5. The van der Waals surface area contributed by atoms with Gasteiger partial charge in [0.1, 0.15) is 0 Å². The Hall–Kier alpha value is -8.20. The van der Waals surface area contributed by atoms with Gasteiger partial charge in [-0.25, -0.2) is 0 Å². The van der Waals surface area contributed by atoms with E-state index in [9.17, 15) is 28.8 Å². The Morgan fingerprint density at radius 2 is 0.794 bits per heavy atom. The maximum Gasteiger partial charge on any atom is 0.0667 e. The van der Waals surface area contributed by atoms with Crippen LogP contribution >= 0.6 is 0 Å². The molecule has 12 aromatic rings. The molecule has 0 spiro atoms. The van der Waals surface area contributed by atoms with Gasteiger partial charge >= 0.3 is 0 Å². The predicted octanol–water partition coefficient (Wildman–Crippen LogP) is 16.0. The molecule has 2 heterocycles. The molecule has 2 aromatic heterocycles. The standard InChI is InChI=1S/C61H40N2/c1-3-17-40(18-4-1)42-21-15-22-43(35-42)45-36-44(41-19-5-2-6-20-41)37-46(38-45)60-52-26-7-8-27-53(52)61-54(60)28-16-32-58(61)63-57-31-14-11-25-50(57)51-34-33-47(39-59(51)63)62-55-29-12-9-23-48(55)49-24-10-13-30-56(49)62/h1-39,60H/i1D,2D,3D,4D,5D,6D,7D,8D,9D,10D,11D,12D,13D,14D,15D,16D,17D,18D,19D,20D,21D,22D,23D,24D,25D,26D,27D,28D,29D,30D,31D,32D,33D,34D,35D,36D,37D,38D,39D. The van der Waals surface area contributed by atoms with Crippen LogP contribution in [0, 0.1) is 0 Å². The van der Waals surface area contributed by atoms with Gasteiger partial charge in [0, 0.05) is 38.7 Å². The van der Waals surface area contributed by atoms with Crippen molar-refractivity contribution in [1.29, 1.82) is 0 Å². The smallest absolute Gasteiger partial charge is 0.0667 e. The highest BCUT2D eigenvalue weighted by Crippen LogP contribution is 2.52. The second-order valence-electron chi connectivity index (χ2n) is 13.8. The summed E-state index contributed by atoms with van der Waals surface area (Å²) in [5.41, 5.74) is -15.7. The molecule has 1 unspecified atom stereocenters. The van der Waals surface area contributed by atoms with Crippen molar-refractivity contribution in [3.05, 3.63) is 252 Å². The summed E-state index contributed by atoms with van der Waals surface area (Å²) in [4.78, 5) is 0. The molecule has 1 atom stereocenters. The monoisotopic (exact) mass is 840 g/mol. The Morgan fingerprint density at radius 3 is 1.48 bits per heavy atom. The molecule has 0 fully saturated rings. The van der Waals surface area contributed by atoms with Crippen LogP contribution in [0.25, 0.3) is 99.5 Å². The third-order valence-electron chi connectivity index (χ3n) is 10.5. The van der Waals surface area contributed by atoms with Gasteiger partial charge in [-0.15, -0.1) is 0 Å². The molecule has 0 amide bonds. The lowest BCUT2D eigenvalue weighted by molar-refractivity contribution is 1.01. The van der Waals surface area contributed by atoms with Crippen LogP contribution in [0.5, 0.6) is 0 Å². The molecule has 0 bridgehead atoms. The Balaban J connectivity index is 1.29. The van der Waals surface area contributed by atoms with Gasteiger partial charge in [-0.05, 0) is 104 Å².